The Balaban J connectivity index is 1.75. The van der Waals surface area contributed by atoms with E-state index in [0.717, 1.165) is 12.0 Å². The Morgan fingerprint density at radius 3 is 3.00 bits per heavy atom. The topological polar surface area (TPSA) is 65.4 Å². The molecule has 6 nitrogen and oxygen atoms in total. The summed E-state index contributed by atoms with van der Waals surface area (Å²) in [6.07, 6.45) is 4.31. The van der Waals surface area contributed by atoms with Crippen LogP contribution in [0.3, 0.4) is 0 Å². The van der Waals surface area contributed by atoms with E-state index in [1.807, 2.05) is 25.4 Å². The van der Waals surface area contributed by atoms with Crippen LogP contribution in [-0.2, 0) is 11.8 Å². The van der Waals surface area contributed by atoms with Gasteiger partial charge in [0.2, 0.25) is 0 Å². The van der Waals surface area contributed by atoms with Crippen molar-refractivity contribution in [1.29, 1.82) is 0 Å². The smallest absolute Gasteiger partial charge is 0.255 e. The van der Waals surface area contributed by atoms with Gasteiger partial charge >= 0.3 is 0 Å². The number of ether oxygens (including phenoxy) is 2. The number of amides is 1. The van der Waals surface area contributed by atoms with Gasteiger partial charge in [-0.1, -0.05) is 12.1 Å². The molecule has 3 rings (SSSR count). The van der Waals surface area contributed by atoms with Crippen molar-refractivity contribution < 1.29 is 14.3 Å². The highest BCUT2D eigenvalue weighted by Crippen LogP contribution is 2.29. The average molecular weight is 301 g/mol. The molecule has 0 radical (unpaired) electrons. The lowest BCUT2D eigenvalue weighted by Crippen LogP contribution is -2.36. The molecule has 1 aromatic heterocycles. The third-order valence-electron chi connectivity index (χ3n) is 3.81. The number of hydrogen-bond donors (Lipinski definition) is 1. The van der Waals surface area contributed by atoms with Crippen LogP contribution >= 0.6 is 0 Å². The summed E-state index contributed by atoms with van der Waals surface area (Å²) in [5.74, 6) is 0.415. The van der Waals surface area contributed by atoms with Crippen molar-refractivity contribution in [2.24, 2.45) is 7.05 Å². The van der Waals surface area contributed by atoms with Crippen LogP contribution in [0.15, 0.2) is 36.7 Å². The normalized spacial score (nSPS) is 20.8. The van der Waals surface area contributed by atoms with Crippen molar-refractivity contribution in [2.45, 2.75) is 18.6 Å². The van der Waals surface area contributed by atoms with E-state index in [9.17, 15) is 4.79 Å². The molecule has 0 bridgehead atoms. The maximum absolute atomic E-state index is 12.5. The van der Waals surface area contributed by atoms with Crippen LogP contribution < -0.4 is 10.1 Å². The van der Waals surface area contributed by atoms with E-state index >= 15 is 0 Å². The number of aryl methyl sites for hydroxylation is 1. The maximum atomic E-state index is 12.5. The summed E-state index contributed by atoms with van der Waals surface area (Å²) in [4.78, 5) is 12.5. The van der Waals surface area contributed by atoms with Crippen LogP contribution in [0.5, 0.6) is 5.75 Å². The van der Waals surface area contributed by atoms with Crippen molar-refractivity contribution in [3.8, 4) is 5.75 Å². The highest BCUT2D eigenvalue weighted by atomic mass is 16.5. The number of aromatic nitrogens is 2. The average Bonchev–Trinajstić information content (AvgIpc) is 3.15. The molecule has 116 valence electrons. The molecular weight excluding hydrogens is 282 g/mol. The van der Waals surface area contributed by atoms with E-state index < -0.39 is 0 Å². The summed E-state index contributed by atoms with van der Waals surface area (Å²) in [6, 6.07) is 7.12. The number of para-hydroxylation sites is 1. The molecule has 2 atom stereocenters. The largest absolute Gasteiger partial charge is 0.496 e. The van der Waals surface area contributed by atoms with Gasteiger partial charge in [-0.15, -0.1) is 0 Å². The van der Waals surface area contributed by atoms with Gasteiger partial charge in [0.05, 0.1) is 24.9 Å². The van der Waals surface area contributed by atoms with Gasteiger partial charge in [-0.2, -0.15) is 5.10 Å². The number of nitrogens with zero attached hydrogens (tertiary/aromatic N) is 2. The van der Waals surface area contributed by atoms with Crippen molar-refractivity contribution in [3.05, 3.63) is 47.8 Å². The molecule has 0 saturated carbocycles. The van der Waals surface area contributed by atoms with Crippen LogP contribution in [0.1, 0.15) is 28.4 Å². The molecule has 22 heavy (non-hydrogen) atoms. The summed E-state index contributed by atoms with van der Waals surface area (Å²) in [5, 5.41) is 7.21. The van der Waals surface area contributed by atoms with E-state index in [4.69, 9.17) is 9.47 Å². The van der Waals surface area contributed by atoms with E-state index in [-0.39, 0.29) is 18.1 Å². The van der Waals surface area contributed by atoms with Crippen molar-refractivity contribution >= 4 is 5.91 Å². The van der Waals surface area contributed by atoms with Crippen LogP contribution in [0.25, 0.3) is 0 Å². The molecule has 1 fully saturated rings. The number of hydrogen-bond acceptors (Lipinski definition) is 4. The molecule has 0 unspecified atom stereocenters. The first kappa shape index (κ1) is 14.6. The lowest BCUT2D eigenvalue weighted by Gasteiger charge is -2.19. The highest BCUT2D eigenvalue weighted by Gasteiger charge is 2.32. The zero-order chi connectivity index (χ0) is 15.5. The number of methoxy groups -OCH3 is 1. The fourth-order valence-electron chi connectivity index (χ4n) is 2.73. The number of carbonyl (C=O) groups excluding carboxylic acids is 1. The minimum atomic E-state index is -0.160. The molecule has 2 heterocycles. The van der Waals surface area contributed by atoms with Gasteiger partial charge < -0.3 is 14.8 Å². The lowest BCUT2D eigenvalue weighted by atomic mass is 10.0. The van der Waals surface area contributed by atoms with Gasteiger partial charge in [-0.05, 0) is 18.6 Å². The molecule has 0 spiro atoms. The molecule has 0 aliphatic carbocycles. The molecule has 1 amide bonds. The minimum Gasteiger partial charge on any atom is -0.496 e. The quantitative estimate of drug-likeness (QED) is 0.933. The van der Waals surface area contributed by atoms with E-state index in [2.05, 4.69) is 10.4 Å². The summed E-state index contributed by atoms with van der Waals surface area (Å²) in [5.41, 5.74) is 1.51. The van der Waals surface area contributed by atoms with Gasteiger partial charge in [0.1, 0.15) is 11.9 Å². The number of benzene rings is 1. The molecule has 6 heteroatoms. The first-order valence-electron chi connectivity index (χ1n) is 7.23. The third-order valence-corrected chi connectivity index (χ3v) is 3.81. The molecule has 1 saturated heterocycles. The second-order valence-electron chi connectivity index (χ2n) is 5.31. The van der Waals surface area contributed by atoms with Gasteiger partial charge in [-0.3, -0.25) is 9.48 Å². The van der Waals surface area contributed by atoms with Gasteiger partial charge in [0.25, 0.3) is 5.91 Å². The van der Waals surface area contributed by atoms with E-state index in [1.165, 1.54) is 0 Å². The first-order valence-corrected chi connectivity index (χ1v) is 7.23. The third kappa shape index (κ3) is 2.82. The number of carbonyl (C=O) groups is 1. The van der Waals surface area contributed by atoms with Crippen molar-refractivity contribution in [3.63, 3.8) is 0 Å². The fourth-order valence-corrected chi connectivity index (χ4v) is 2.73. The minimum absolute atomic E-state index is 0.0680. The fraction of sp³-hybridized carbons (Fsp3) is 0.375. The Morgan fingerprint density at radius 2 is 2.27 bits per heavy atom. The molecule has 2 aromatic rings. The van der Waals surface area contributed by atoms with Crippen molar-refractivity contribution in [2.75, 3.05) is 13.7 Å². The van der Waals surface area contributed by atoms with E-state index in [1.54, 1.807) is 30.1 Å². The molecule has 1 aliphatic rings. The Labute approximate surface area is 129 Å². The van der Waals surface area contributed by atoms with Crippen LogP contribution in [0.4, 0.5) is 0 Å². The second kappa shape index (κ2) is 6.19. The summed E-state index contributed by atoms with van der Waals surface area (Å²) >= 11 is 0. The van der Waals surface area contributed by atoms with Crippen LogP contribution in [-0.4, -0.2) is 35.4 Å². The first-order chi connectivity index (χ1) is 10.7. The Hall–Kier alpha value is -2.34. The van der Waals surface area contributed by atoms with E-state index in [0.29, 0.717) is 17.9 Å². The maximum Gasteiger partial charge on any atom is 0.255 e. The summed E-state index contributed by atoms with van der Waals surface area (Å²) in [7, 11) is 3.42. The predicted octanol–water partition coefficient (Wildman–Crippen LogP) is 1.69. The highest BCUT2D eigenvalue weighted by molar-refractivity contribution is 5.97. The Bertz CT molecular complexity index is 668. The molecular formula is C16H19N3O3. The Morgan fingerprint density at radius 1 is 1.45 bits per heavy atom. The SMILES string of the molecule is COc1ccccc1C(=O)N[C@H]1CCO[C@@H]1c1cnn(C)c1. The molecule has 1 aromatic carbocycles. The van der Waals surface area contributed by atoms with Crippen molar-refractivity contribution in [1.82, 2.24) is 15.1 Å². The number of nitrogens with one attached hydrogen (secondary N) is 1. The predicted molar refractivity (Wildman–Crippen MR) is 80.8 cm³/mol. The summed E-state index contributed by atoms with van der Waals surface area (Å²) < 4.78 is 12.7. The van der Waals surface area contributed by atoms with Gasteiger partial charge in [0.15, 0.2) is 0 Å². The zero-order valence-corrected chi connectivity index (χ0v) is 12.7. The van der Waals surface area contributed by atoms with Crippen LogP contribution in [0, 0.1) is 0 Å². The van der Waals surface area contributed by atoms with Gasteiger partial charge in [0, 0.05) is 25.4 Å². The van der Waals surface area contributed by atoms with Gasteiger partial charge in [-0.25, -0.2) is 0 Å². The van der Waals surface area contributed by atoms with Crippen LogP contribution in [0.2, 0.25) is 0 Å². The summed E-state index contributed by atoms with van der Waals surface area (Å²) in [6.45, 7) is 0.621. The Kier molecular flexibility index (Phi) is 4.11. The lowest BCUT2D eigenvalue weighted by molar-refractivity contribution is 0.0819. The molecule has 1 N–H and O–H groups in total. The monoisotopic (exact) mass is 301 g/mol. The standard InChI is InChI=1S/C16H19N3O3/c1-19-10-11(9-17-19)15-13(7-8-22-15)18-16(20)12-5-3-4-6-14(12)21-2/h3-6,9-10,13,15H,7-8H2,1-2H3,(H,18,20)/t13-,15+/m0/s1. The second-order valence-corrected chi connectivity index (χ2v) is 5.31. The zero-order valence-electron chi connectivity index (χ0n) is 12.7. The number of rotatable bonds is 4. The molecule has 1 aliphatic heterocycles.